The molecule has 0 saturated carbocycles. The number of halogens is 1. The van der Waals surface area contributed by atoms with Crippen molar-refractivity contribution in [2.75, 3.05) is 20.7 Å². The molecule has 22 heavy (non-hydrogen) atoms. The van der Waals surface area contributed by atoms with Gasteiger partial charge in [-0.15, -0.1) is 0 Å². The van der Waals surface area contributed by atoms with E-state index in [9.17, 15) is 5.11 Å². The quantitative estimate of drug-likeness (QED) is 0.460. The zero-order chi connectivity index (χ0) is 15.6. The van der Waals surface area contributed by atoms with Crippen LogP contribution in [0.1, 0.15) is 57.4 Å². The van der Waals surface area contributed by atoms with Gasteiger partial charge in [0.25, 0.3) is 0 Å². The molecule has 0 aliphatic rings. The Morgan fingerprint density at radius 1 is 0.955 bits per heavy atom. The molecular formula is C19H34BrNO. The summed E-state index contributed by atoms with van der Waals surface area (Å²) in [7, 11) is 4.48. The Labute approximate surface area is 147 Å². The third-order valence-corrected chi connectivity index (χ3v) is 4.52. The van der Waals surface area contributed by atoms with Crippen molar-refractivity contribution in [1.29, 1.82) is 0 Å². The molecule has 3 heteroatoms. The lowest BCUT2D eigenvalue weighted by Gasteiger charge is -2.37. The van der Waals surface area contributed by atoms with Gasteiger partial charge in [0.05, 0.1) is 20.7 Å². The van der Waals surface area contributed by atoms with Gasteiger partial charge in [-0.2, -0.15) is 0 Å². The number of aliphatic hydroxyl groups is 1. The van der Waals surface area contributed by atoms with E-state index in [0.717, 1.165) is 17.4 Å². The maximum absolute atomic E-state index is 9.76. The molecule has 1 N–H and O–H groups in total. The molecule has 0 bridgehead atoms. The van der Waals surface area contributed by atoms with Crippen LogP contribution in [0, 0.1) is 0 Å². The molecule has 1 rings (SSSR count). The minimum atomic E-state index is 0. The van der Waals surface area contributed by atoms with Gasteiger partial charge in [0.1, 0.15) is 12.6 Å². The molecular weight excluding hydrogens is 338 g/mol. The minimum absolute atomic E-state index is 0. The number of likely N-dealkylation sites (N-methyl/N-ethyl adjacent to an activating group) is 1. The normalized spacial score (nSPS) is 12.7. The maximum Gasteiger partial charge on any atom is 0.112 e. The van der Waals surface area contributed by atoms with Crippen molar-refractivity contribution in [2.24, 2.45) is 0 Å². The van der Waals surface area contributed by atoms with Crippen molar-refractivity contribution in [3.63, 3.8) is 0 Å². The number of hydrogen-bond donors (Lipinski definition) is 1. The molecule has 1 aromatic carbocycles. The van der Waals surface area contributed by atoms with Crippen molar-refractivity contribution in [2.45, 2.75) is 64.5 Å². The molecule has 0 amide bonds. The van der Waals surface area contributed by atoms with Crippen LogP contribution in [0.3, 0.4) is 0 Å². The summed E-state index contributed by atoms with van der Waals surface area (Å²) in [6, 6.07) is 11.0. The fraction of sp³-hybridized carbons (Fsp3) is 0.684. The van der Waals surface area contributed by atoms with Crippen molar-refractivity contribution < 1.29 is 26.6 Å². The monoisotopic (exact) mass is 371 g/mol. The third-order valence-electron chi connectivity index (χ3n) is 4.52. The summed E-state index contributed by atoms with van der Waals surface area (Å²) in [5.74, 6) is 0. The molecule has 2 nitrogen and oxygen atoms in total. The zero-order valence-corrected chi connectivity index (χ0v) is 16.2. The third kappa shape index (κ3) is 8.30. The minimum Gasteiger partial charge on any atom is -1.00 e. The van der Waals surface area contributed by atoms with E-state index < -0.39 is 0 Å². The van der Waals surface area contributed by atoms with Gasteiger partial charge in [0, 0.05) is 12.0 Å². The van der Waals surface area contributed by atoms with E-state index in [1.165, 1.54) is 44.1 Å². The molecule has 0 aliphatic heterocycles. The van der Waals surface area contributed by atoms with Gasteiger partial charge in [-0.1, -0.05) is 69.4 Å². The number of unbranched alkanes of at least 4 members (excludes halogenated alkanes) is 5. The molecule has 0 aliphatic carbocycles. The van der Waals surface area contributed by atoms with E-state index >= 15 is 0 Å². The Morgan fingerprint density at radius 3 is 2.14 bits per heavy atom. The number of rotatable bonds is 11. The summed E-state index contributed by atoms with van der Waals surface area (Å²) in [5, 5.41) is 9.76. The van der Waals surface area contributed by atoms with Crippen molar-refractivity contribution in [3.05, 3.63) is 35.9 Å². The Kier molecular flexibility index (Phi) is 11.9. The van der Waals surface area contributed by atoms with Gasteiger partial charge in [-0.05, 0) is 6.42 Å². The molecule has 0 saturated heterocycles. The fourth-order valence-corrected chi connectivity index (χ4v) is 3.01. The molecule has 128 valence electrons. The molecule has 1 unspecified atom stereocenters. The predicted molar refractivity (Wildman–Crippen MR) is 91.1 cm³/mol. The van der Waals surface area contributed by atoms with E-state index in [1.807, 2.05) is 0 Å². The van der Waals surface area contributed by atoms with Crippen molar-refractivity contribution >= 4 is 0 Å². The van der Waals surface area contributed by atoms with Gasteiger partial charge in [-0.25, -0.2) is 0 Å². The lowest BCUT2D eigenvalue weighted by Crippen LogP contribution is -3.00. The number of benzene rings is 1. The number of aliphatic hydroxyl groups excluding tert-OH is 1. The highest BCUT2D eigenvalue weighted by Gasteiger charge is 2.27. The van der Waals surface area contributed by atoms with Crippen LogP contribution >= 0.6 is 0 Å². The van der Waals surface area contributed by atoms with Crippen LogP contribution in [0.4, 0.5) is 0 Å². The summed E-state index contributed by atoms with van der Waals surface area (Å²) in [4.78, 5) is 0. The second kappa shape index (κ2) is 12.1. The summed E-state index contributed by atoms with van der Waals surface area (Å²) in [6.07, 6.45) is 9.05. The van der Waals surface area contributed by atoms with Crippen LogP contribution in [0.5, 0.6) is 0 Å². The molecule has 0 aromatic heterocycles. The predicted octanol–water partition coefficient (Wildman–Crippen LogP) is 1.38. The Bertz CT molecular complexity index is 367. The topological polar surface area (TPSA) is 20.2 Å². The summed E-state index contributed by atoms with van der Waals surface area (Å²) in [6.45, 7) is 3.53. The zero-order valence-electron chi connectivity index (χ0n) is 14.6. The fourth-order valence-electron chi connectivity index (χ4n) is 3.01. The standard InChI is InChI=1S/C19H34NO.BrH/c1-4-5-6-7-8-12-15-19(17-21)20(2,3)16-18-13-10-9-11-14-18;/h9-11,13-14,19,21H,4-8,12,15-17H2,1-3H3;1H/q+1;/p-1. The largest absolute Gasteiger partial charge is 1.00 e. The lowest BCUT2D eigenvalue weighted by atomic mass is 10.0. The SMILES string of the molecule is CCCCCCCCC(CO)[N+](C)(C)Cc1ccccc1.[Br-]. The highest BCUT2D eigenvalue weighted by molar-refractivity contribution is 5.13. The van der Waals surface area contributed by atoms with E-state index in [1.54, 1.807) is 0 Å². The van der Waals surface area contributed by atoms with Gasteiger partial charge < -0.3 is 26.6 Å². The van der Waals surface area contributed by atoms with Crippen molar-refractivity contribution in [1.82, 2.24) is 0 Å². The number of nitrogens with zero attached hydrogens (tertiary/aromatic N) is 1. The average Bonchev–Trinajstić information content (AvgIpc) is 2.47. The maximum atomic E-state index is 9.76. The number of hydrogen-bond acceptors (Lipinski definition) is 1. The van der Waals surface area contributed by atoms with Gasteiger partial charge in [-0.3, -0.25) is 0 Å². The Balaban J connectivity index is 0.00000441. The second-order valence-corrected chi connectivity index (χ2v) is 6.82. The molecule has 0 heterocycles. The first kappa shape index (κ1) is 21.6. The highest BCUT2D eigenvalue weighted by Crippen LogP contribution is 2.19. The van der Waals surface area contributed by atoms with Crippen LogP contribution in [0.15, 0.2) is 30.3 Å². The van der Waals surface area contributed by atoms with E-state index in [2.05, 4.69) is 51.4 Å². The van der Waals surface area contributed by atoms with E-state index in [-0.39, 0.29) is 23.6 Å². The Hall–Kier alpha value is -0.380. The van der Waals surface area contributed by atoms with Crippen LogP contribution in [-0.2, 0) is 6.54 Å². The van der Waals surface area contributed by atoms with E-state index in [4.69, 9.17) is 0 Å². The van der Waals surface area contributed by atoms with E-state index in [0.29, 0.717) is 6.04 Å². The summed E-state index contributed by atoms with van der Waals surface area (Å²) in [5.41, 5.74) is 1.35. The first-order valence-electron chi connectivity index (χ1n) is 8.57. The molecule has 0 fully saturated rings. The first-order valence-corrected chi connectivity index (χ1v) is 8.57. The highest BCUT2D eigenvalue weighted by atomic mass is 79.9. The van der Waals surface area contributed by atoms with Gasteiger partial charge >= 0.3 is 0 Å². The van der Waals surface area contributed by atoms with Crippen LogP contribution < -0.4 is 17.0 Å². The average molecular weight is 372 g/mol. The van der Waals surface area contributed by atoms with Crippen LogP contribution in [0.25, 0.3) is 0 Å². The molecule has 1 aromatic rings. The molecule has 0 radical (unpaired) electrons. The smallest absolute Gasteiger partial charge is 0.112 e. The lowest BCUT2D eigenvalue weighted by molar-refractivity contribution is -0.928. The summed E-state index contributed by atoms with van der Waals surface area (Å²) >= 11 is 0. The van der Waals surface area contributed by atoms with Gasteiger partial charge in [0.2, 0.25) is 0 Å². The van der Waals surface area contributed by atoms with Gasteiger partial charge in [0.15, 0.2) is 0 Å². The molecule has 0 spiro atoms. The van der Waals surface area contributed by atoms with Crippen LogP contribution in [0.2, 0.25) is 0 Å². The first-order chi connectivity index (χ1) is 10.1. The number of quaternary nitrogens is 1. The second-order valence-electron chi connectivity index (χ2n) is 6.82. The Morgan fingerprint density at radius 2 is 1.55 bits per heavy atom. The van der Waals surface area contributed by atoms with Crippen LogP contribution in [-0.4, -0.2) is 36.3 Å². The van der Waals surface area contributed by atoms with Crippen molar-refractivity contribution in [3.8, 4) is 0 Å². The summed E-state index contributed by atoms with van der Waals surface area (Å²) < 4.78 is 0.871. The molecule has 1 atom stereocenters.